The number of carbonyl (C=O) groups excluding carboxylic acids is 1. The molecule has 13 nitrogen and oxygen atoms in total. The summed E-state index contributed by atoms with van der Waals surface area (Å²) in [5.74, 6) is -0.0425. The molecule has 5 atom stereocenters. The predicted molar refractivity (Wildman–Crippen MR) is 182 cm³/mol. The van der Waals surface area contributed by atoms with Crippen molar-refractivity contribution in [1.82, 2.24) is 14.2 Å². The third-order valence-corrected chi connectivity index (χ3v) is 13.3. The number of benzene rings is 1. The fourth-order valence-corrected chi connectivity index (χ4v) is 11.2. The van der Waals surface area contributed by atoms with Crippen LogP contribution in [0.5, 0.6) is 5.75 Å². The molecule has 0 radical (unpaired) electrons. The Morgan fingerprint density at radius 2 is 1.79 bits per heavy atom. The lowest BCUT2D eigenvalue weighted by Crippen LogP contribution is -2.61. The Hall–Kier alpha value is -2.89. The SMILES string of the molecule is COc1ccc(C(=O)OC[C@H]2O[C@](n3ccc(=O)[nH]c3=O)([SiH](C)C)[C@H](OC(C)(C)C)[C@@H]2O[P+](O)(CCC#N)N(C(C)C)C(C)C)cc1. The first-order chi connectivity index (χ1) is 21.9. The number of nitrogens with zero attached hydrogens (tertiary/aromatic N) is 3. The number of carbonyl (C=O) groups is 1. The molecule has 1 saturated heterocycles. The predicted octanol–water partition coefficient (Wildman–Crippen LogP) is 3.84. The zero-order valence-electron chi connectivity index (χ0n) is 29.1. The molecule has 2 N–H and O–H groups in total. The smallest absolute Gasteiger partial charge is 0.347 e. The average Bonchev–Trinajstić information content (AvgIpc) is 3.26. The number of hydrogen-bond donors (Lipinski definition) is 2. The Morgan fingerprint density at radius 3 is 2.28 bits per heavy atom. The van der Waals surface area contributed by atoms with Crippen molar-refractivity contribution < 1.29 is 33.2 Å². The van der Waals surface area contributed by atoms with Crippen LogP contribution in [0.2, 0.25) is 13.1 Å². The summed E-state index contributed by atoms with van der Waals surface area (Å²) >= 11 is 0. The number of aromatic amines is 1. The van der Waals surface area contributed by atoms with Crippen molar-refractivity contribution in [1.29, 1.82) is 5.26 Å². The van der Waals surface area contributed by atoms with Crippen LogP contribution in [0.4, 0.5) is 0 Å². The summed E-state index contributed by atoms with van der Waals surface area (Å²) in [7, 11) is -4.22. The summed E-state index contributed by atoms with van der Waals surface area (Å²) in [6.07, 6.45) is -1.64. The Kier molecular flexibility index (Phi) is 12.8. The minimum atomic E-state index is -3.54. The lowest BCUT2D eigenvalue weighted by molar-refractivity contribution is -0.153. The van der Waals surface area contributed by atoms with E-state index in [2.05, 4.69) is 11.1 Å². The molecule has 3 rings (SSSR count). The number of methoxy groups -OCH3 is 1. The fraction of sp³-hybridized carbons (Fsp3) is 0.625. The van der Waals surface area contributed by atoms with E-state index >= 15 is 0 Å². The van der Waals surface area contributed by atoms with Gasteiger partial charge in [-0.3, -0.25) is 14.3 Å². The molecule has 1 aliphatic rings. The van der Waals surface area contributed by atoms with E-state index in [9.17, 15) is 24.5 Å². The van der Waals surface area contributed by atoms with Gasteiger partial charge in [-0.15, -0.1) is 4.67 Å². The number of aromatic nitrogens is 2. The zero-order chi connectivity index (χ0) is 35.3. The lowest BCUT2D eigenvalue weighted by atomic mass is 10.1. The maximum Gasteiger partial charge on any atom is 0.347 e. The van der Waals surface area contributed by atoms with Crippen molar-refractivity contribution in [2.75, 3.05) is 19.9 Å². The van der Waals surface area contributed by atoms with E-state index in [-0.39, 0.29) is 36.8 Å². The van der Waals surface area contributed by atoms with E-state index in [1.807, 2.05) is 66.2 Å². The molecule has 0 amide bonds. The largest absolute Gasteiger partial charge is 0.497 e. The molecule has 1 aliphatic heterocycles. The third kappa shape index (κ3) is 8.78. The van der Waals surface area contributed by atoms with Gasteiger partial charge < -0.3 is 18.9 Å². The minimum Gasteiger partial charge on any atom is -0.497 e. The minimum absolute atomic E-state index is 0.0269. The molecule has 260 valence electrons. The van der Waals surface area contributed by atoms with E-state index in [1.165, 1.54) is 23.9 Å². The second-order valence-corrected chi connectivity index (χ2v) is 19.0. The molecule has 1 fully saturated rings. The molecule has 15 heteroatoms. The van der Waals surface area contributed by atoms with Gasteiger partial charge in [0.2, 0.25) is 0 Å². The lowest BCUT2D eigenvalue weighted by Gasteiger charge is -2.42. The summed E-state index contributed by atoms with van der Waals surface area (Å²) in [4.78, 5) is 53.6. The van der Waals surface area contributed by atoms with Crippen LogP contribution < -0.4 is 16.0 Å². The number of rotatable bonds is 14. The molecule has 0 spiro atoms. The molecule has 1 aromatic carbocycles. The van der Waals surface area contributed by atoms with Gasteiger partial charge >= 0.3 is 19.5 Å². The van der Waals surface area contributed by atoms with Gasteiger partial charge in [-0.05, 0) is 72.7 Å². The quantitative estimate of drug-likeness (QED) is 0.168. The standard InChI is InChI=1S/C32H49N4O9PSi/c1-21(2)36(22(3)4)46(40,19-11-17-33)45-27-25(20-42-29(38)23-12-14-24(41-8)15-13-23)43-32(47(9)10,28(27)44-31(5,6)7)35-18-16-26(37)34-30(35)39/h12-16,18,21-22,25,27-28,40,47H,11,19-20H2,1-10H3/p+1/t25-,27-,28-,32+,46?/m1/s1. The number of H-pyrrole nitrogens is 1. The first kappa shape index (κ1) is 38.6. The molecule has 1 unspecified atom stereocenters. The number of esters is 1. The van der Waals surface area contributed by atoms with Gasteiger partial charge in [-0.1, -0.05) is 13.1 Å². The highest BCUT2D eigenvalue weighted by Gasteiger charge is 2.65. The maximum absolute atomic E-state index is 13.4. The van der Waals surface area contributed by atoms with Gasteiger partial charge in [-0.2, -0.15) is 9.79 Å². The first-order valence-electron chi connectivity index (χ1n) is 15.8. The van der Waals surface area contributed by atoms with E-state index in [0.29, 0.717) is 5.75 Å². The Labute approximate surface area is 278 Å². The van der Waals surface area contributed by atoms with E-state index in [4.69, 9.17) is 23.5 Å². The van der Waals surface area contributed by atoms with Crippen molar-refractivity contribution in [2.45, 2.75) is 109 Å². The Balaban J connectivity index is 2.23. The highest BCUT2D eigenvalue weighted by atomic mass is 31.2. The molecule has 0 saturated carbocycles. The molecule has 2 aromatic rings. The Morgan fingerprint density at radius 1 is 1.17 bits per heavy atom. The van der Waals surface area contributed by atoms with Crippen molar-refractivity contribution in [3.8, 4) is 11.8 Å². The second-order valence-electron chi connectivity index (χ2n) is 13.5. The van der Waals surface area contributed by atoms with Crippen molar-refractivity contribution in [3.05, 3.63) is 62.9 Å². The van der Waals surface area contributed by atoms with Crippen LogP contribution in [0.3, 0.4) is 0 Å². The number of hydrogen-bond acceptors (Lipinski definition) is 11. The van der Waals surface area contributed by atoms with Gasteiger partial charge in [0, 0.05) is 24.3 Å². The van der Waals surface area contributed by atoms with Crippen molar-refractivity contribution in [3.63, 3.8) is 0 Å². The van der Waals surface area contributed by atoms with Crippen LogP contribution in [0.15, 0.2) is 46.1 Å². The number of nitriles is 1. The van der Waals surface area contributed by atoms with Gasteiger partial charge in [0.15, 0.2) is 11.5 Å². The number of nitrogens with one attached hydrogen (secondary N) is 1. The fourth-order valence-electron chi connectivity index (χ4n) is 6.12. The molecule has 47 heavy (non-hydrogen) atoms. The van der Waals surface area contributed by atoms with Gasteiger partial charge in [0.1, 0.15) is 30.7 Å². The molecule has 2 heterocycles. The van der Waals surface area contributed by atoms with Gasteiger partial charge in [0.25, 0.3) is 5.56 Å². The summed E-state index contributed by atoms with van der Waals surface area (Å²) in [6, 6.07) is 9.50. The molecule has 0 bridgehead atoms. The van der Waals surface area contributed by atoms with Crippen LogP contribution in [-0.2, 0) is 24.1 Å². The third-order valence-electron chi connectivity index (χ3n) is 7.85. The topological polar surface area (TPSA) is 165 Å². The maximum atomic E-state index is 13.4. The summed E-state index contributed by atoms with van der Waals surface area (Å²) < 4.78 is 34.6. The van der Waals surface area contributed by atoms with Crippen LogP contribution in [-0.4, -0.2) is 89.8 Å². The van der Waals surface area contributed by atoms with Gasteiger partial charge in [-0.25, -0.2) is 14.5 Å². The molecular weight excluding hydrogens is 643 g/mol. The summed E-state index contributed by atoms with van der Waals surface area (Å²) in [5, 5.41) is 8.11. The summed E-state index contributed by atoms with van der Waals surface area (Å²) in [5.41, 5.74) is -1.77. The average molecular weight is 694 g/mol. The molecule has 0 aliphatic carbocycles. The van der Waals surface area contributed by atoms with Crippen LogP contribution in [0.25, 0.3) is 0 Å². The van der Waals surface area contributed by atoms with E-state index < -0.39 is 63.1 Å². The molecule has 1 aromatic heterocycles. The monoisotopic (exact) mass is 693 g/mol. The first-order valence-corrected chi connectivity index (χ1v) is 20.5. The van der Waals surface area contributed by atoms with Crippen molar-refractivity contribution >= 4 is 22.6 Å². The van der Waals surface area contributed by atoms with Crippen LogP contribution in [0, 0.1) is 11.3 Å². The molecular formula is C32H50N4O9PSi+. The summed E-state index contributed by atoms with van der Waals surface area (Å²) in [6.45, 7) is 17.0. The Bertz CT molecular complexity index is 1510. The highest BCUT2D eigenvalue weighted by molar-refractivity contribution is 7.63. The number of ether oxygens (including phenoxy) is 4. The highest BCUT2D eigenvalue weighted by Crippen LogP contribution is 2.64. The van der Waals surface area contributed by atoms with Gasteiger partial charge in [0.05, 0.1) is 39.6 Å². The normalized spacial score (nSPS) is 22.9. The van der Waals surface area contributed by atoms with E-state index in [0.717, 1.165) is 0 Å². The zero-order valence-corrected chi connectivity index (χ0v) is 31.1. The van der Waals surface area contributed by atoms with E-state index in [1.54, 1.807) is 24.3 Å². The van der Waals surface area contributed by atoms with Crippen LogP contribution in [0.1, 0.15) is 65.2 Å². The van der Waals surface area contributed by atoms with Crippen molar-refractivity contribution in [2.24, 2.45) is 0 Å². The van der Waals surface area contributed by atoms with Crippen LogP contribution >= 0.6 is 7.87 Å². The second kappa shape index (κ2) is 15.6.